The predicted octanol–water partition coefficient (Wildman–Crippen LogP) is 2.97. The third-order valence-electron chi connectivity index (χ3n) is 3.30. The number of nitrogens with zero attached hydrogens (tertiary/aromatic N) is 1. The van der Waals surface area contributed by atoms with Crippen LogP contribution in [0.5, 0.6) is 11.5 Å². The number of rotatable bonds is 8. The van der Waals surface area contributed by atoms with Gasteiger partial charge in [-0.25, -0.2) is 0 Å². The van der Waals surface area contributed by atoms with Gasteiger partial charge in [0, 0.05) is 31.9 Å². The number of methoxy groups -OCH3 is 1. The first-order valence-electron chi connectivity index (χ1n) is 7.52. The fourth-order valence-electron chi connectivity index (χ4n) is 2.16. The molecule has 0 aliphatic rings. The Labute approximate surface area is 144 Å². The Morgan fingerprint density at radius 3 is 2.72 bits per heavy atom. The van der Waals surface area contributed by atoms with Crippen molar-refractivity contribution >= 4 is 17.3 Å². The maximum atomic E-state index is 12.3. The van der Waals surface area contributed by atoms with E-state index in [1.54, 1.807) is 31.4 Å². The standard InChI is InChI=1S/C17H18N2O6/c1-24-9-4-10-25-13-6-2-5-12(11-13)18-17(21)14-7-3-8-15(20)16(14)19(22)23/h2-3,5-8,11,20H,4,9-10H2,1H3,(H,18,21). The average molecular weight is 346 g/mol. The third kappa shape index (κ3) is 4.92. The van der Waals surface area contributed by atoms with Crippen LogP contribution in [0, 0.1) is 10.1 Å². The number of ether oxygens (including phenoxy) is 2. The van der Waals surface area contributed by atoms with E-state index in [-0.39, 0.29) is 5.56 Å². The van der Waals surface area contributed by atoms with Gasteiger partial charge in [0.2, 0.25) is 0 Å². The van der Waals surface area contributed by atoms with E-state index in [2.05, 4.69) is 5.32 Å². The summed E-state index contributed by atoms with van der Waals surface area (Å²) in [5.74, 6) is -0.702. The smallest absolute Gasteiger partial charge is 0.323 e. The first-order valence-corrected chi connectivity index (χ1v) is 7.52. The van der Waals surface area contributed by atoms with E-state index in [0.29, 0.717) is 24.7 Å². The highest BCUT2D eigenvalue weighted by molar-refractivity contribution is 6.07. The largest absolute Gasteiger partial charge is 0.502 e. The molecule has 25 heavy (non-hydrogen) atoms. The minimum absolute atomic E-state index is 0.226. The molecule has 1 amide bonds. The number of anilines is 1. The van der Waals surface area contributed by atoms with Gasteiger partial charge in [-0.3, -0.25) is 14.9 Å². The quantitative estimate of drug-likeness (QED) is 0.432. The topological polar surface area (TPSA) is 111 Å². The Bertz CT molecular complexity index is 763. The highest BCUT2D eigenvalue weighted by Gasteiger charge is 2.24. The van der Waals surface area contributed by atoms with E-state index < -0.39 is 22.3 Å². The number of phenolic OH excluding ortho intramolecular Hbond substituents is 1. The van der Waals surface area contributed by atoms with Crippen LogP contribution in [0.15, 0.2) is 42.5 Å². The Morgan fingerprint density at radius 1 is 1.24 bits per heavy atom. The van der Waals surface area contributed by atoms with Crippen molar-refractivity contribution in [2.24, 2.45) is 0 Å². The fourth-order valence-corrected chi connectivity index (χ4v) is 2.16. The Kier molecular flexibility index (Phi) is 6.30. The molecule has 132 valence electrons. The van der Waals surface area contributed by atoms with Crippen LogP contribution < -0.4 is 10.1 Å². The van der Waals surface area contributed by atoms with Gasteiger partial charge in [0.15, 0.2) is 5.75 Å². The Balaban J connectivity index is 2.11. The molecule has 0 bridgehead atoms. The van der Waals surface area contributed by atoms with Gasteiger partial charge in [-0.1, -0.05) is 12.1 Å². The van der Waals surface area contributed by atoms with E-state index in [1.807, 2.05) is 0 Å². The van der Waals surface area contributed by atoms with Crippen LogP contribution in [-0.4, -0.2) is 36.3 Å². The lowest BCUT2D eigenvalue weighted by atomic mass is 10.1. The van der Waals surface area contributed by atoms with Crippen molar-refractivity contribution in [1.82, 2.24) is 0 Å². The van der Waals surface area contributed by atoms with E-state index >= 15 is 0 Å². The monoisotopic (exact) mass is 346 g/mol. The minimum Gasteiger partial charge on any atom is -0.502 e. The van der Waals surface area contributed by atoms with Gasteiger partial charge in [0.05, 0.1) is 11.5 Å². The van der Waals surface area contributed by atoms with Crippen LogP contribution in [0.2, 0.25) is 0 Å². The first kappa shape index (κ1) is 18.2. The summed E-state index contributed by atoms with van der Waals surface area (Å²) in [7, 11) is 1.61. The number of hydrogen-bond donors (Lipinski definition) is 2. The van der Waals surface area contributed by atoms with Gasteiger partial charge < -0.3 is 19.9 Å². The summed E-state index contributed by atoms with van der Waals surface area (Å²) in [6.45, 7) is 1.04. The number of aromatic hydroxyl groups is 1. The Hall–Kier alpha value is -3.13. The third-order valence-corrected chi connectivity index (χ3v) is 3.30. The molecule has 2 aromatic carbocycles. The lowest BCUT2D eigenvalue weighted by Crippen LogP contribution is -2.14. The summed E-state index contributed by atoms with van der Waals surface area (Å²) >= 11 is 0. The maximum Gasteiger partial charge on any atom is 0.323 e. The van der Waals surface area contributed by atoms with Crippen LogP contribution in [0.4, 0.5) is 11.4 Å². The van der Waals surface area contributed by atoms with E-state index in [9.17, 15) is 20.0 Å². The van der Waals surface area contributed by atoms with Gasteiger partial charge in [-0.2, -0.15) is 0 Å². The van der Waals surface area contributed by atoms with Crippen LogP contribution in [0.3, 0.4) is 0 Å². The van der Waals surface area contributed by atoms with Crippen molar-refractivity contribution < 1.29 is 24.3 Å². The molecule has 8 heteroatoms. The highest BCUT2D eigenvalue weighted by atomic mass is 16.6. The summed E-state index contributed by atoms with van der Waals surface area (Å²) in [5.41, 5.74) is -0.435. The second-order valence-corrected chi connectivity index (χ2v) is 5.11. The molecular formula is C17H18N2O6. The lowest BCUT2D eigenvalue weighted by Gasteiger charge is -2.09. The summed E-state index contributed by atoms with van der Waals surface area (Å²) in [6.07, 6.45) is 0.725. The van der Waals surface area contributed by atoms with Crippen molar-refractivity contribution in [2.75, 3.05) is 25.6 Å². The molecule has 2 aromatic rings. The summed E-state index contributed by atoms with van der Waals surface area (Å²) < 4.78 is 10.5. The Morgan fingerprint density at radius 2 is 2.00 bits per heavy atom. The number of para-hydroxylation sites is 1. The molecule has 0 fully saturated rings. The van der Waals surface area contributed by atoms with Crippen molar-refractivity contribution in [1.29, 1.82) is 0 Å². The van der Waals surface area contributed by atoms with Gasteiger partial charge >= 0.3 is 5.69 Å². The summed E-state index contributed by atoms with van der Waals surface area (Å²) in [4.78, 5) is 22.6. The molecular weight excluding hydrogens is 328 g/mol. The normalized spacial score (nSPS) is 10.3. The van der Waals surface area contributed by atoms with Crippen molar-refractivity contribution in [3.63, 3.8) is 0 Å². The zero-order chi connectivity index (χ0) is 18.2. The number of hydrogen-bond acceptors (Lipinski definition) is 6. The van der Waals surface area contributed by atoms with Crippen molar-refractivity contribution in [3.05, 3.63) is 58.1 Å². The number of nitrogens with one attached hydrogen (secondary N) is 1. The molecule has 2 N–H and O–H groups in total. The van der Waals surface area contributed by atoms with E-state index in [1.165, 1.54) is 12.1 Å². The van der Waals surface area contributed by atoms with E-state index in [4.69, 9.17) is 9.47 Å². The molecule has 0 aliphatic heterocycles. The number of amides is 1. The maximum absolute atomic E-state index is 12.3. The van der Waals surface area contributed by atoms with Gasteiger partial charge in [0.1, 0.15) is 11.3 Å². The molecule has 0 aliphatic carbocycles. The number of carbonyl (C=O) groups is 1. The molecule has 0 spiro atoms. The molecule has 0 saturated carbocycles. The number of phenols is 1. The number of benzene rings is 2. The van der Waals surface area contributed by atoms with Crippen molar-refractivity contribution in [2.45, 2.75) is 6.42 Å². The first-order chi connectivity index (χ1) is 12.0. The molecule has 0 atom stereocenters. The highest BCUT2D eigenvalue weighted by Crippen LogP contribution is 2.30. The van der Waals surface area contributed by atoms with Gasteiger partial charge in [0.25, 0.3) is 5.91 Å². The average Bonchev–Trinajstić information content (AvgIpc) is 2.58. The number of nitro groups is 1. The summed E-state index contributed by atoms with van der Waals surface area (Å²) in [5, 5.41) is 23.2. The number of nitro benzene ring substituents is 1. The molecule has 0 radical (unpaired) electrons. The predicted molar refractivity (Wildman–Crippen MR) is 91.1 cm³/mol. The molecule has 0 heterocycles. The minimum atomic E-state index is -0.792. The number of carbonyl (C=O) groups excluding carboxylic acids is 1. The van der Waals surface area contributed by atoms with E-state index in [0.717, 1.165) is 12.5 Å². The fraction of sp³-hybridized carbons (Fsp3) is 0.235. The van der Waals surface area contributed by atoms with Gasteiger partial charge in [-0.05, 0) is 24.3 Å². The van der Waals surface area contributed by atoms with Crippen molar-refractivity contribution in [3.8, 4) is 11.5 Å². The molecule has 8 nitrogen and oxygen atoms in total. The zero-order valence-corrected chi connectivity index (χ0v) is 13.6. The molecule has 2 rings (SSSR count). The van der Waals surface area contributed by atoms with Crippen LogP contribution in [-0.2, 0) is 4.74 Å². The van der Waals surface area contributed by atoms with Crippen LogP contribution in [0.25, 0.3) is 0 Å². The lowest BCUT2D eigenvalue weighted by molar-refractivity contribution is -0.386. The summed E-state index contributed by atoms with van der Waals surface area (Å²) in [6, 6.07) is 10.5. The zero-order valence-electron chi connectivity index (χ0n) is 13.6. The molecule has 0 aromatic heterocycles. The van der Waals surface area contributed by atoms with Crippen LogP contribution in [0.1, 0.15) is 16.8 Å². The SMILES string of the molecule is COCCCOc1cccc(NC(=O)c2cccc(O)c2[N+](=O)[O-])c1. The van der Waals surface area contributed by atoms with Crippen LogP contribution >= 0.6 is 0 Å². The molecule has 0 unspecified atom stereocenters. The second kappa shape index (κ2) is 8.65. The second-order valence-electron chi connectivity index (χ2n) is 5.11. The molecule has 0 saturated heterocycles. The van der Waals surface area contributed by atoms with Gasteiger partial charge in [-0.15, -0.1) is 0 Å².